The molecule has 1 atom stereocenters. The summed E-state index contributed by atoms with van der Waals surface area (Å²) in [6.07, 6.45) is 4.92. The molecule has 0 aliphatic carbocycles. The fourth-order valence-corrected chi connectivity index (χ4v) is 2.70. The highest BCUT2D eigenvalue weighted by Gasteiger charge is 2.35. The topological polar surface area (TPSA) is 68.5 Å². The molecule has 6 heteroatoms. The molecule has 0 saturated carbocycles. The summed E-state index contributed by atoms with van der Waals surface area (Å²) >= 11 is 0. The summed E-state index contributed by atoms with van der Waals surface area (Å²) in [6, 6.07) is 5.54. The first-order chi connectivity index (χ1) is 10.9. The summed E-state index contributed by atoms with van der Waals surface area (Å²) in [5.41, 5.74) is 1.11. The van der Waals surface area contributed by atoms with Crippen LogP contribution in [-0.4, -0.2) is 33.3 Å². The number of pyridine rings is 1. The zero-order chi connectivity index (χ0) is 16.4. The summed E-state index contributed by atoms with van der Waals surface area (Å²) in [4.78, 5) is 18.2. The molecule has 2 aromatic heterocycles. The maximum atomic E-state index is 12.4. The Morgan fingerprint density at radius 3 is 2.96 bits per heavy atom. The zero-order valence-electron chi connectivity index (χ0n) is 13.7. The van der Waals surface area contributed by atoms with E-state index in [1.165, 1.54) is 0 Å². The minimum absolute atomic E-state index is 0.122. The van der Waals surface area contributed by atoms with Gasteiger partial charge in [-0.25, -0.2) is 4.79 Å². The number of aromatic nitrogens is 2. The van der Waals surface area contributed by atoms with E-state index in [4.69, 9.17) is 9.26 Å². The van der Waals surface area contributed by atoms with Crippen LogP contribution in [0.1, 0.15) is 45.4 Å². The van der Waals surface area contributed by atoms with E-state index in [0.717, 1.165) is 24.1 Å². The lowest BCUT2D eigenvalue weighted by molar-refractivity contribution is 0.0204. The molecule has 1 aliphatic rings. The van der Waals surface area contributed by atoms with Gasteiger partial charge in [-0.2, -0.15) is 0 Å². The minimum atomic E-state index is -0.507. The predicted octanol–water partition coefficient (Wildman–Crippen LogP) is 3.81. The van der Waals surface area contributed by atoms with Crippen molar-refractivity contribution in [3.8, 4) is 11.3 Å². The molecule has 1 fully saturated rings. The Morgan fingerprint density at radius 1 is 1.43 bits per heavy atom. The van der Waals surface area contributed by atoms with Crippen molar-refractivity contribution >= 4 is 6.09 Å². The van der Waals surface area contributed by atoms with Crippen LogP contribution in [0.25, 0.3) is 11.3 Å². The van der Waals surface area contributed by atoms with Crippen LogP contribution in [0.5, 0.6) is 0 Å². The van der Waals surface area contributed by atoms with Crippen molar-refractivity contribution < 1.29 is 14.1 Å². The van der Waals surface area contributed by atoms with Gasteiger partial charge in [0.1, 0.15) is 11.3 Å². The molecule has 3 heterocycles. The molecular weight excluding hydrogens is 294 g/mol. The first kappa shape index (κ1) is 15.5. The van der Waals surface area contributed by atoms with Crippen LogP contribution in [-0.2, 0) is 4.74 Å². The summed E-state index contributed by atoms with van der Waals surface area (Å²) in [5, 5.41) is 4.11. The average Bonchev–Trinajstić information content (AvgIpc) is 3.15. The first-order valence-corrected chi connectivity index (χ1v) is 7.81. The van der Waals surface area contributed by atoms with Gasteiger partial charge in [0.05, 0.1) is 6.04 Å². The monoisotopic (exact) mass is 315 g/mol. The normalized spacial score (nSPS) is 18.2. The lowest BCUT2D eigenvalue weighted by Gasteiger charge is -2.27. The molecule has 0 bridgehead atoms. The molecule has 2 aromatic rings. The van der Waals surface area contributed by atoms with Crippen LogP contribution in [0, 0.1) is 0 Å². The molecule has 0 N–H and O–H groups in total. The van der Waals surface area contributed by atoms with E-state index in [0.29, 0.717) is 12.3 Å². The number of hydrogen-bond donors (Lipinski definition) is 0. The molecule has 1 saturated heterocycles. The van der Waals surface area contributed by atoms with Gasteiger partial charge in [-0.15, -0.1) is 0 Å². The van der Waals surface area contributed by atoms with E-state index in [1.54, 1.807) is 17.3 Å². The second-order valence-electron chi connectivity index (χ2n) is 6.69. The number of hydrogen-bond acceptors (Lipinski definition) is 5. The summed E-state index contributed by atoms with van der Waals surface area (Å²) in [7, 11) is 0. The fourth-order valence-electron chi connectivity index (χ4n) is 2.70. The SMILES string of the molecule is CC(C)(C)OC(=O)N1CCCC1c1cc(-c2cccnc2)no1. The first-order valence-electron chi connectivity index (χ1n) is 7.81. The average molecular weight is 315 g/mol. The maximum absolute atomic E-state index is 12.4. The van der Waals surface area contributed by atoms with Crippen LogP contribution in [0.2, 0.25) is 0 Å². The van der Waals surface area contributed by atoms with E-state index in [1.807, 2.05) is 39.0 Å². The zero-order valence-corrected chi connectivity index (χ0v) is 13.7. The molecule has 6 nitrogen and oxygen atoms in total. The second-order valence-corrected chi connectivity index (χ2v) is 6.69. The third kappa shape index (κ3) is 3.52. The largest absolute Gasteiger partial charge is 0.444 e. The van der Waals surface area contributed by atoms with Crippen molar-refractivity contribution in [2.45, 2.75) is 45.3 Å². The number of carbonyl (C=O) groups is 1. The Balaban J connectivity index is 1.78. The van der Waals surface area contributed by atoms with Crippen molar-refractivity contribution in [3.63, 3.8) is 0 Å². The van der Waals surface area contributed by atoms with Gasteiger partial charge in [-0.3, -0.25) is 9.88 Å². The number of rotatable bonds is 2. The molecular formula is C17H21N3O3. The lowest BCUT2D eigenvalue weighted by atomic mass is 10.1. The molecule has 1 unspecified atom stereocenters. The van der Waals surface area contributed by atoms with E-state index in [-0.39, 0.29) is 12.1 Å². The minimum Gasteiger partial charge on any atom is -0.444 e. The quantitative estimate of drug-likeness (QED) is 0.843. The summed E-state index contributed by atoms with van der Waals surface area (Å²) in [5.74, 6) is 0.687. The van der Waals surface area contributed by atoms with E-state index < -0.39 is 5.60 Å². The highest BCUT2D eigenvalue weighted by atomic mass is 16.6. The number of amides is 1. The van der Waals surface area contributed by atoms with Gasteiger partial charge < -0.3 is 9.26 Å². The fraction of sp³-hybridized carbons (Fsp3) is 0.471. The molecule has 0 radical (unpaired) electrons. The van der Waals surface area contributed by atoms with Gasteiger partial charge in [-0.1, -0.05) is 5.16 Å². The molecule has 0 aromatic carbocycles. The van der Waals surface area contributed by atoms with Crippen molar-refractivity contribution in [1.29, 1.82) is 0 Å². The van der Waals surface area contributed by atoms with E-state index >= 15 is 0 Å². The van der Waals surface area contributed by atoms with Crippen LogP contribution in [0.4, 0.5) is 4.79 Å². The predicted molar refractivity (Wildman–Crippen MR) is 84.6 cm³/mol. The van der Waals surface area contributed by atoms with Gasteiger partial charge in [0.25, 0.3) is 0 Å². The summed E-state index contributed by atoms with van der Waals surface area (Å²) in [6.45, 7) is 6.27. The van der Waals surface area contributed by atoms with E-state index in [9.17, 15) is 4.79 Å². The number of ether oxygens (including phenoxy) is 1. The lowest BCUT2D eigenvalue weighted by Crippen LogP contribution is -2.36. The summed E-state index contributed by atoms with van der Waals surface area (Å²) < 4.78 is 11.0. The molecule has 1 amide bonds. The second kappa shape index (κ2) is 6.02. The molecule has 3 rings (SSSR count). The highest BCUT2D eigenvalue weighted by Crippen LogP contribution is 2.34. The maximum Gasteiger partial charge on any atom is 0.410 e. The van der Waals surface area contributed by atoms with Gasteiger partial charge in [-0.05, 0) is 45.7 Å². The smallest absolute Gasteiger partial charge is 0.410 e. The highest BCUT2D eigenvalue weighted by molar-refractivity contribution is 5.69. The Kier molecular flexibility index (Phi) is 4.07. The molecule has 0 spiro atoms. The van der Waals surface area contributed by atoms with Gasteiger partial charge in [0.15, 0.2) is 5.76 Å². The Hall–Kier alpha value is -2.37. The molecule has 1 aliphatic heterocycles. The third-order valence-corrected chi connectivity index (χ3v) is 3.69. The van der Waals surface area contributed by atoms with Crippen molar-refractivity contribution in [1.82, 2.24) is 15.0 Å². The van der Waals surface area contributed by atoms with Crippen LogP contribution in [0.3, 0.4) is 0 Å². The Bertz CT molecular complexity index is 676. The van der Waals surface area contributed by atoms with Crippen molar-refractivity contribution in [2.75, 3.05) is 6.54 Å². The number of carbonyl (C=O) groups excluding carboxylic acids is 1. The number of likely N-dealkylation sites (tertiary alicyclic amines) is 1. The van der Waals surface area contributed by atoms with Crippen LogP contribution in [0.15, 0.2) is 35.1 Å². The van der Waals surface area contributed by atoms with Crippen molar-refractivity contribution in [2.24, 2.45) is 0 Å². The van der Waals surface area contributed by atoms with Crippen LogP contribution < -0.4 is 0 Å². The third-order valence-electron chi connectivity index (χ3n) is 3.69. The Morgan fingerprint density at radius 2 is 2.26 bits per heavy atom. The van der Waals surface area contributed by atoms with Gasteiger partial charge >= 0.3 is 6.09 Å². The van der Waals surface area contributed by atoms with Gasteiger partial charge in [0, 0.05) is 30.6 Å². The molecule has 122 valence electrons. The van der Waals surface area contributed by atoms with E-state index in [2.05, 4.69) is 10.1 Å². The van der Waals surface area contributed by atoms with Crippen molar-refractivity contribution in [3.05, 3.63) is 36.4 Å². The Labute approximate surface area is 135 Å². The number of nitrogens with zero attached hydrogens (tertiary/aromatic N) is 3. The van der Waals surface area contributed by atoms with Crippen LogP contribution >= 0.6 is 0 Å². The van der Waals surface area contributed by atoms with Gasteiger partial charge in [0.2, 0.25) is 0 Å². The standard InChI is InChI=1S/C17H21N3O3/c1-17(2,3)22-16(21)20-9-5-7-14(20)15-10-13(19-23-15)12-6-4-8-18-11-12/h4,6,8,10-11,14H,5,7,9H2,1-3H3. The molecule has 23 heavy (non-hydrogen) atoms.